The lowest BCUT2D eigenvalue weighted by atomic mass is 9.86. The third kappa shape index (κ3) is 5.34. The van der Waals surface area contributed by atoms with Crippen LogP contribution in [0, 0.1) is 0 Å². The van der Waals surface area contributed by atoms with Crippen molar-refractivity contribution < 1.29 is 27.9 Å². The SMILES string of the molecule is O=C(NC1CCN(C(=O)O)CC1c1ccc(Br)cc1)c1cc(Br)cc(C(F)(F)F)c1. The summed E-state index contributed by atoms with van der Waals surface area (Å²) in [5.41, 5.74) is -0.209. The maximum absolute atomic E-state index is 13.1. The molecule has 0 aromatic heterocycles. The molecule has 2 unspecified atom stereocenters. The number of carboxylic acid groups (broad SMARTS) is 1. The van der Waals surface area contributed by atoms with Gasteiger partial charge in [0.1, 0.15) is 0 Å². The van der Waals surface area contributed by atoms with E-state index in [9.17, 15) is 27.9 Å². The monoisotopic (exact) mass is 548 g/mol. The molecule has 0 spiro atoms. The summed E-state index contributed by atoms with van der Waals surface area (Å²) in [7, 11) is 0. The van der Waals surface area contributed by atoms with Gasteiger partial charge in [0.25, 0.3) is 5.91 Å². The molecule has 2 N–H and O–H groups in total. The highest BCUT2D eigenvalue weighted by Gasteiger charge is 2.35. The van der Waals surface area contributed by atoms with Crippen molar-refractivity contribution in [2.75, 3.05) is 13.1 Å². The van der Waals surface area contributed by atoms with Crippen molar-refractivity contribution in [3.8, 4) is 0 Å². The zero-order valence-electron chi connectivity index (χ0n) is 15.4. The maximum Gasteiger partial charge on any atom is 0.416 e. The highest BCUT2D eigenvalue weighted by Crippen LogP contribution is 2.33. The highest BCUT2D eigenvalue weighted by molar-refractivity contribution is 9.10. The Kier molecular flexibility index (Phi) is 6.76. The number of benzene rings is 2. The third-order valence-electron chi connectivity index (χ3n) is 4.99. The Balaban J connectivity index is 1.86. The third-order valence-corrected chi connectivity index (χ3v) is 5.97. The number of hydrogen-bond donors (Lipinski definition) is 2. The Morgan fingerprint density at radius 1 is 1.07 bits per heavy atom. The van der Waals surface area contributed by atoms with E-state index in [0.717, 1.165) is 22.2 Å². The molecule has 2 aromatic rings. The van der Waals surface area contributed by atoms with Crippen LogP contribution in [0.3, 0.4) is 0 Å². The molecule has 3 rings (SSSR count). The molecule has 1 saturated heterocycles. The van der Waals surface area contributed by atoms with E-state index >= 15 is 0 Å². The lowest BCUT2D eigenvalue weighted by molar-refractivity contribution is -0.137. The Bertz CT molecular complexity index is 951. The Morgan fingerprint density at radius 2 is 1.73 bits per heavy atom. The van der Waals surface area contributed by atoms with E-state index in [1.54, 1.807) is 0 Å². The van der Waals surface area contributed by atoms with Crippen LogP contribution in [0.25, 0.3) is 0 Å². The Hall–Kier alpha value is -2.07. The van der Waals surface area contributed by atoms with E-state index < -0.39 is 29.8 Å². The molecule has 1 heterocycles. The molecule has 0 aliphatic carbocycles. The van der Waals surface area contributed by atoms with Crippen molar-refractivity contribution in [2.24, 2.45) is 0 Å². The van der Waals surface area contributed by atoms with Gasteiger partial charge in [0.05, 0.1) is 5.56 Å². The summed E-state index contributed by atoms with van der Waals surface area (Å²) in [6.07, 6.45) is -5.28. The van der Waals surface area contributed by atoms with Crippen molar-refractivity contribution in [2.45, 2.75) is 24.6 Å². The molecule has 0 saturated carbocycles. The molecule has 0 radical (unpaired) electrons. The summed E-state index contributed by atoms with van der Waals surface area (Å²) in [6.45, 7) is 0.397. The van der Waals surface area contributed by atoms with Gasteiger partial charge in [-0.1, -0.05) is 44.0 Å². The second-order valence-electron chi connectivity index (χ2n) is 6.98. The number of nitrogens with one attached hydrogen (secondary N) is 1. The van der Waals surface area contributed by atoms with Gasteiger partial charge in [-0.05, 0) is 42.3 Å². The number of carbonyl (C=O) groups excluding carboxylic acids is 1. The van der Waals surface area contributed by atoms with Crippen LogP contribution in [0.15, 0.2) is 51.4 Å². The highest BCUT2D eigenvalue weighted by atomic mass is 79.9. The van der Waals surface area contributed by atoms with Crippen LogP contribution < -0.4 is 5.32 Å². The maximum atomic E-state index is 13.1. The van der Waals surface area contributed by atoms with Crippen LogP contribution in [0.1, 0.15) is 33.8 Å². The topological polar surface area (TPSA) is 69.6 Å². The van der Waals surface area contributed by atoms with Gasteiger partial charge in [-0.15, -0.1) is 0 Å². The first-order chi connectivity index (χ1) is 14.0. The smallest absolute Gasteiger partial charge is 0.416 e. The van der Waals surface area contributed by atoms with Crippen molar-refractivity contribution in [3.63, 3.8) is 0 Å². The molecular weight excluding hydrogens is 533 g/mol. The van der Waals surface area contributed by atoms with E-state index in [4.69, 9.17) is 0 Å². The summed E-state index contributed by atoms with van der Waals surface area (Å²) in [4.78, 5) is 25.5. The molecule has 1 aliphatic rings. The molecule has 30 heavy (non-hydrogen) atoms. The molecular formula is C20H17Br2F3N2O3. The van der Waals surface area contributed by atoms with Crippen LogP contribution in [-0.2, 0) is 6.18 Å². The number of hydrogen-bond acceptors (Lipinski definition) is 2. The normalized spacial score (nSPS) is 19.4. The summed E-state index contributed by atoms with van der Waals surface area (Å²) in [5, 5.41) is 12.2. The Labute approximate surface area is 187 Å². The minimum absolute atomic E-state index is 0.119. The molecule has 1 fully saturated rings. The molecule has 2 atom stereocenters. The average molecular weight is 550 g/mol. The molecule has 160 valence electrons. The van der Waals surface area contributed by atoms with E-state index in [1.165, 1.54) is 11.0 Å². The van der Waals surface area contributed by atoms with Gasteiger partial charge in [-0.2, -0.15) is 13.2 Å². The van der Waals surface area contributed by atoms with Gasteiger partial charge in [-0.25, -0.2) is 4.79 Å². The van der Waals surface area contributed by atoms with Gasteiger partial charge >= 0.3 is 12.3 Å². The minimum atomic E-state index is -4.58. The number of carbonyl (C=O) groups is 2. The largest absolute Gasteiger partial charge is 0.465 e. The fraction of sp³-hybridized carbons (Fsp3) is 0.300. The number of halogens is 5. The predicted octanol–water partition coefficient (Wildman–Crippen LogP) is 5.50. The number of likely N-dealkylation sites (tertiary alicyclic amines) is 1. The summed E-state index contributed by atoms with van der Waals surface area (Å²) in [5.74, 6) is -0.973. The van der Waals surface area contributed by atoms with Crippen LogP contribution in [0.2, 0.25) is 0 Å². The Morgan fingerprint density at radius 3 is 2.33 bits per heavy atom. The summed E-state index contributed by atoms with van der Waals surface area (Å²) >= 11 is 6.37. The molecule has 2 aromatic carbocycles. The molecule has 0 bridgehead atoms. The van der Waals surface area contributed by atoms with E-state index in [-0.39, 0.29) is 29.0 Å². The van der Waals surface area contributed by atoms with Crippen molar-refractivity contribution >= 4 is 43.9 Å². The lowest BCUT2D eigenvalue weighted by Crippen LogP contribution is -2.51. The second kappa shape index (κ2) is 8.97. The average Bonchev–Trinajstić information content (AvgIpc) is 2.67. The quantitative estimate of drug-likeness (QED) is 0.531. The molecule has 1 aliphatic heterocycles. The number of alkyl halides is 3. The van der Waals surface area contributed by atoms with Crippen LogP contribution >= 0.6 is 31.9 Å². The van der Waals surface area contributed by atoms with Gasteiger partial charge in [0.15, 0.2) is 0 Å². The summed E-state index contributed by atoms with van der Waals surface area (Å²) < 4.78 is 40.3. The van der Waals surface area contributed by atoms with E-state index in [2.05, 4.69) is 37.2 Å². The minimum Gasteiger partial charge on any atom is -0.465 e. The fourth-order valence-electron chi connectivity index (χ4n) is 3.48. The van der Waals surface area contributed by atoms with Crippen molar-refractivity contribution in [1.29, 1.82) is 0 Å². The van der Waals surface area contributed by atoms with E-state index in [0.29, 0.717) is 6.42 Å². The fourth-order valence-corrected chi connectivity index (χ4v) is 4.24. The number of rotatable bonds is 3. The molecule has 10 heteroatoms. The first-order valence-corrected chi connectivity index (χ1v) is 10.5. The van der Waals surface area contributed by atoms with Gasteiger partial charge in [0, 0.05) is 39.6 Å². The van der Waals surface area contributed by atoms with Gasteiger partial charge in [0.2, 0.25) is 0 Å². The summed E-state index contributed by atoms with van der Waals surface area (Å²) in [6, 6.07) is 9.91. The number of nitrogens with zero attached hydrogens (tertiary/aromatic N) is 1. The lowest BCUT2D eigenvalue weighted by Gasteiger charge is -2.38. The second-order valence-corrected chi connectivity index (χ2v) is 8.81. The van der Waals surface area contributed by atoms with Crippen molar-refractivity contribution in [1.82, 2.24) is 10.2 Å². The zero-order valence-corrected chi connectivity index (χ0v) is 18.6. The van der Waals surface area contributed by atoms with Crippen molar-refractivity contribution in [3.05, 3.63) is 68.1 Å². The molecule has 5 nitrogen and oxygen atoms in total. The first kappa shape index (κ1) is 22.6. The molecule has 2 amide bonds. The van der Waals surface area contributed by atoms with Gasteiger partial charge < -0.3 is 15.3 Å². The number of amides is 2. The van der Waals surface area contributed by atoms with Crippen LogP contribution in [-0.4, -0.2) is 41.1 Å². The predicted molar refractivity (Wildman–Crippen MR) is 111 cm³/mol. The van der Waals surface area contributed by atoms with Crippen LogP contribution in [0.5, 0.6) is 0 Å². The van der Waals surface area contributed by atoms with E-state index in [1.807, 2.05) is 24.3 Å². The van der Waals surface area contributed by atoms with Gasteiger partial charge in [-0.3, -0.25) is 4.79 Å². The first-order valence-electron chi connectivity index (χ1n) is 8.96. The van der Waals surface area contributed by atoms with Crippen LogP contribution in [0.4, 0.5) is 18.0 Å². The standard InChI is InChI=1S/C20H17Br2F3N2O3/c21-14-3-1-11(2-4-14)16-10-27(19(29)30)6-5-17(16)26-18(28)12-7-13(20(23,24)25)9-15(22)8-12/h1-4,7-9,16-17H,5-6,10H2,(H,26,28)(H,29,30). The number of piperidine rings is 1. The zero-order chi connectivity index (χ0) is 22.1.